The Morgan fingerprint density at radius 2 is 1.93 bits per heavy atom. The van der Waals surface area contributed by atoms with Gasteiger partial charge in [0.15, 0.2) is 5.16 Å². The molecule has 0 aromatic carbocycles. The third-order valence-corrected chi connectivity index (χ3v) is 2.75. The van der Waals surface area contributed by atoms with Crippen LogP contribution >= 0.6 is 11.8 Å². The molecule has 0 saturated carbocycles. The molecule has 5 heteroatoms. The second-order valence-electron chi connectivity index (χ2n) is 3.06. The van der Waals surface area contributed by atoms with Gasteiger partial charge in [-0.25, -0.2) is 9.97 Å². The fourth-order valence-corrected chi connectivity index (χ4v) is 1.73. The van der Waals surface area contributed by atoms with Gasteiger partial charge in [-0.3, -0.25) is 4.98 Å². The lowest BCUT2D eigenvalue weighted by Gasteiger charge is -2.02. The second kappa shape index (κ2) is 4.27. The minimum Gasteiger partial charge on any atom is -0.397 e. The van der Waals surface area contributed by atoms with Crippen molar-refractivity contribution in [3.05, 3.63) is 36.4 Å². The highest BCUT2D eigenvalue weighted by Crippen LogP contribution is 2.28. The van der Waals surface area contributed by atoms with E-state index in [4.69, 9.17) is 5.73 Å². The molecule has 0 aliphatic rings. The van der Waals surface area contributed by atoms with Crippen LogP contribution in [0.1, 0.15) is 5.56 Å². The van der Waals surface area contributed by atoms with Crippen molar-refractivity contribution in [2.75, 3.05) is 5.73 Å². The molecule has 0 amide bonds. The first-order valence-electron chi connectivity index (χ1n) is 4.41. The van der Waals surface area contributed by atoms with Crippen molar-refractivity contribution in [1.82, 2.24) is 15.0 Å². The maximum absolute atomic E-state index is 5.76. The predicted molar refractivity (Wildman–Crippen MR) is 59.5 cm³/mol. The van der Waals surface area contributed by atoms with E-state index in [2.05, 4.69) is 15.0 Å². The Hall–Kier alpha value is -1.62. The van der Waals surface area contributed by atoms with Gasteiger partial charge in [0, 0.05) is 23.5 Å². The molecule has 0 fully saturated rings. The minimum atomic E-state index is 0.645. The Bertz CT molecular complexity index is 455. The van der Waals surface area contributed by atoms with Crippen molar-refractivity contribution in [2.45, 2.75) is 17.0 Å². The highest BCUT2D eigenvalue weighted by molar-refractivity contribution is 7.99. The van der Waals surface area contributed by atoms with Crippen molar-refractivity contribution in [3.8, 4) is 0 Å². The van der Waals surface area contributed by atoms with Gasteiger partial charge in [-0.05, 0) is 30.3 Å². The van der Waals surface area contributed by atoms with Crippen molar-refractivity contribution in [3.63, 3.8) is 0 Å². The molecule has 0 saturated heterocycles. The van der Waals surface area contributed by atoms with Crippen molar-refractivity contribution in [1.29, 1.82) is 0 Å². The van der Waals surface area contributed by atoms with Gasteiger partial charge in [0.1, 0.15) is 0 Å². The first-order valence-corrected chi connectivity index (χ1v) is 5.23. The number of nitrogen functional groups attached to an aromatic ring is 1. The number of rotatable bonds is 2. The van der Waals surface area contributed by atoms with Crippen LogP contribution < -0.4 is 5.73 Å². The summed E-state index contributed by atoms with van der Waals surface area (Å²) >= 11 is 1.44. The van der Waals surface area contributed by atoms with Crippen LogP contribution in [0.4, 0.5) is 5.69 Å². The summed E-state index contributed by atoms with van der Waals surface area (Å²) < 4.78 is 0. The Labute approximate surface area is 92.0 Å². The number of hydrogen-bond donors (Lipinski definition) is 1. The van der Waals surface area contributed by atoms with Gasteiger partial charge in [0.25, 0.3) is 0 Å². The number of pyridine rings is 1. The molecule has 0 bridgehead atoms. The smallest absolute Gasteiger partial charge is 0.192 e. The van der Waals surface area contributed by atoms with E-state index in [0.717, 1.165) is 10.5 Å². The second-order valence-corrected chi connectivity index (χ2v) is 4.07. The zero-order chi connectivity index (χ0) is 10.7. The van der Waals surface area contributed by atoms with Crippen molar-refractivity contribution in [2.24, 2.45) is 0 Å². The van der Waals surface area contributed by atoms with Crippen LogP contribution in [0.2, 0.25) is 0 Å². The molecule has 2 N–H and O–H groups in total. The molecule has 76 valence electrons. The monoisotopic (exact) mass is 218 g/mol. The lowest BCUT2D eigenvalue weighted by molar-refractivity contribution is 0.950. The average Bonchev–Trinajstić information content (AvgIpc) is 2.25. The Morgan fingerprint density at radius 1 is 1.20 bits per heavy atom. The van der Waals surface area contributed by atoms with E-state index in [-0.39, 0.29) is 0 Å². The Kier molecular flexibility index (Phi) is 2.82. The molecule has 2 rings (SSSR count). The molecule has 2 aromatic heterocycles. The van der Waals surface area contributed by atoms with Crippen LogP contribution in [-0.2, 0) is 0 Å². The fraction of sp³-hybridized carbons (Fsp3) is 0.100. The van der Waals surface area contributed by atoms with Crippen LogP contribution in [0.15, 0.2) is 40.9 Å². The van der Waals surface area contributed by atoms with E-state index in [1.807, 2.05) is 13.0 Å². The van der Waals surface area contributed by atoms with Crippen LogP contribution in [0.5, 0.6) is 0 Å². The van der Waals surface area contributed by atoms with Gasteiger partial charge in [0.2, 0.25) is 0 Å². The van der Waals surface area contributed by atoms with E-state index in [0.29, 0.717) is 10.8 Å². The lowest BCUT2D eigenvalue weighted by Crippen LogP contribution is -1.91. The average molecular weight is 218 g/mol. The van der Waals surface area contributed by atoms with Gasteiger partial charge in [-0.2, -0.15) is 0 Å². The zero-order valence-electron chi connectivity index (χ0n) is 8.21. The third-order valence-electron chi connectivity index (χ3n) is 1.77. The maximum atomic E-state index is 5.76. The fourth-order valence-electron chi connectivity index (χ4n) is 1.02. The molecule has 0 unspecified atom stereocenters. The zero-order valence-corrected chi connectivity index (χ0v) is 9.03. The topological polar surface area (TPSA) is 64.7 Å². The summed E-state index contributed by atoms with van der Waals surface area (Å²) in [7, 11) is 0. The lowest BCUT2D eigenvalue weighted by atomic mass is 10.4. The molecule has 0 spiro atoms. The number of aryl methyl sites for hydroxylation is 1. The summed E-state index contributed by atoms with van der Waals surface area (Å²) in [6.45, 7) is 1.95. The molecule has 2 aromatic rings. The number of hydrogen-bond acceptors (Lipinski definition) is 5. The summed E-state index contributed by atoms with van der Waals surface area (Å²) in [6.07, 6.45) is 6.89. The van der Waals surface area contributed by atoms with Gasteiger partial charge in [-0.15, -0.1) is 0 Å². The highest BCUT2D eigenvalue weighted by Gasteiger charge is 2.03. The summed E-state index contributed by atoms with van der Waals surface area (Å²) in [4.78, 5) is 13.2. The molecular weight excluding hydrogens is 208 g/mol. The molecule has 15 heavy (non-hydrogen) atoms. The van der Waals surface area contributed by atoms with Crippen molar-refractivity contribution < 1.29 is 0 Å². The quantitative estimate of drug-likeness (QED) is 0.780. The van der Waals surface area contributed by atoms with E-state index in [1.54, 1.807) is 24.8 Å². The van der Waals surface area contributed by atoms with E-state index < -0.39 is 0 Å². The van der Waals surface area contributed by atoms with E-state index in [9.17, 15) is 0 Å². The summed E-state index contributed by atoms with van der Waals surface area (Å²) in [5.74, 6) is 0. The normalized spacial score (nSPS) is 10.2. The van der Waals surface area contributed by atoms with Gasteiger partial charge >= 0.3 is 0 Å². The number of anilines is 1. The molecule has 0 atom stereocenters. The molecule has 0 aliphatic heterocycles. The molecular formula is C10H10N4S. The Balaban J connectivity index is 2.22. The SMILES string of the molecule is Cc1cnc(Sc2ccncc2N)nc1. The van der Waals surface area contributed by atoms with Gasteiger partial charge < -0.3 is 5.73 Å². The summed E-state index contributed by atoms with van der Waals surface area (Å²) in [5, 5.41) is 0.693. The standard InChI is InChI=1S/C10H10N4S/c1-7-4-13-10(14-5-7)15-9-2-3-12-6-8(9)11/h2-6H,11H2,1H3. The first-order chi connectivity index (χ1) is 7.25. The minimum absolute atomic E-state index is 0.645. The van der Waals surface area contributed by atoms with E-state index >= 15 is 0 Å². The summed E-state index contributed by atoms with van der Waals surface area (Å²) in [6, 6.07) is 1.85. The van der Waals surface area contributed by atoms with Crippen molar-refractivity contribution >= 4 is 17.4 Å². The third kappa shape index (κ3) is 2.44. The Morgan fingerprint density at radius 3 is 2.60 bits per heavy atom. The number of nitrogens with zero attached hydrogens (tertiary/aromatic N) is 3. The summed E-state index contributed by atoms with van der Waals surface area (Å²) in [5.41, 5.74) is 7.45. The molecule has 4 nitrogen and oxygen atoms in total. The molecule has 2 heterocycles. The molecule has 0 aliphatic carbocycles. The van der Waals surface area contributed by atoms with Crippen LogP contribution in [0.3, 0.4) is 0 Å². The van der Waals surface area contributed by atoms with Crippen LogP contribution in [0, 0.1) is 6.92 Å². The largest absolute Gasteiger partial charge is 0.397 e. The van der Waals surface area contributed by atoms with Crippen LogP contribution in [0.25, 0.3) is 0 Å². The number of nitrogens with two attached hydrogens (primary N) is 1. The van der Waals surface area contributed by atoms with Crippen LogP contribution in [-0.4, -0.2) is 15.0 Å². The van der Waals surface area contributed by atoms with Gasteiger partial charge in [0.05, 0.1) is 11.9 Å². The first kappa shape index (κ1) is 9.92. The maximum Gasteiger partial charge on any atom is 0.192 e. The van der Waals surface area contributed by atoms with E-state index in [1.165, 1.54) is 11.8 Å². The predicted octanol–water partition coefficient (Wildman–Crippen LogP) is 1.91. The highest BCUT2D eigenvalue weighted by atomic mass is 32.2. The van der Waals surface area contributed by atoms with Gasteiger partial charge in [-0.1, -0.05) is 0 Å². The number of aromatic nitrogens is 3. The molecule has 0 radical (unpaired) electrons.